The van der Waals surface area contributed by atoms with Crippen LogP contribution in [-0.2, 0) is 21.0 Å². The maximum Gasteiger partial charge on any atom is 0.151 e. The third kappa shape index (κ3) is 3.22. The molecule has 2 aliphatic heterocycles. The molecule has 0 radical (unpaired) electrons. The summed E-state index contributed by atoms with van der Waals surface area (Å²) in [6, 6.07) is 8.42. The van der Waals surface area contributed by atoms with Crippen molar-refractivity contribution in [3.63, 3.8) is 0 Å². The van der Waals surface area contributed by atoms with Crippen LogP contribution in [0.4, 0.5) is 0 Å². The van der Waals surface area contributed by atoms with E-state index < -0.39 is 9.84 Å². The smallest absolute Gasteiger partial charge is 0.151 e. The standard InChI is InChI=1S/C15H21NO3S/c17-20(18)9-3-5-13(11-20)16-10-15-14-6-2-1-4-12(14)7-8-19-15/h1-2,4,6,13,15-16H,3,5,7-11H2. The molecular weight excluding hydrogens is 274 g/mol. The molecule has 110 valence electrons. The van der Waals surface area contributed by atoms with Gasteiger partial charge in [0.25, 0.3) is 0 Å². The second kappa shape index (κ2) is 5.84. The van der Waals surface area contributed by atoms with Crippen LogP contribution < -0.4 is 5.32 Å². The molecule has 2 unspecified atom stereocenters. The first kappa shape index (κ1) is 14.0. The Hall–Kier alpha value is -0.910. The predicted molar refractivity (Wildman–Crippen MR) is 78.5 cm³/mol. The van der Waals surface area contributed by atoms with Crippen LogP contribution in [0, 0.1) is 0 Å². The Kier molecular flexibility index (Phi) is 4.10. The zero-order chi connectivity index (χ0) is 14.0. The van der Waals surface area contributed by atoms with Crippen LogP contribution in [0.3, 0.4) is 0 Å². The second-order valence-corrected chi connectivity index (χ2v) is 7.90. The average Bonchev–Trinajstić information content (AvgIpc) is 2.44. The molecule has 20 heavy (non-hydrogen) atoms. The maximum absolute atomic E-state index is 11.6. The van der Waals surface area contributed by atoms with E-state index in [1.807, 2.05) is 6.07 Å². The Bertz CT molecular complexity index is 570. The lowest BCUT2D eigenvalue weighted by Gasteiger charge is -2.29. The molecule has 1 saturated heterocycles. The van der Waals surface area contributed by atoms with Crippen molar-refractivity contribution >= 4 is 9.84 Å². The number of nitrogens with one attached hydrogen (secondary N) is 1. The first-order valence-electron chi connectivity index (χ1n) is 7.27. The Morgan fingerprint density at radius 2 is 2.15 bits per heavy atom. The number of rotatable bonds is 3. The molecule has 1 aromatic carbocycles. The molecule has 3 rings (SSSR count). The van der Waals surface area contributed by atoms with Crippen molar-refractivity contribution in [2.24, 2.45) is 0 Å². The van der Waals surface area contributed by atoms with E-state index in [4.69, 9.17) is 4.74 Å². The van der Waals surface area contributed by atoms with Crippen molar-refractivity contribution in [1.82, 2.24) is 5.32 Å². The van der Waals surface area contributed by atoms with Gasteiger partial charge in [0.05, 0.1) is 24.2 Å². The summed E-state index contributed by atoms with van der Waals surface area (Å²) < 4.78 is 29.1. The summed E-state index contributed by atoms with van der Waals surface area (Å²) in [7, 11) is -2.85. The van der Waals surface area contributed by atoms with Crippen LogP contribution >= 0.6 is 0 Å². The number of ether oxygens (including phenoxy) is 1. The van der Waals surface area contributed by atoms with E-state index in [9.17, 15) is 8.42 Å². The monoisotopic (exact) mass is 295 g/mol. The number of sulfone groups is 1. The summed E-state index contributed by atoms with van der Waals surface area (Å²) in [6.45, 7) is 1.43. The number of hydrogen-bond donors (Lipinski definition) is 1. The molecule has 4 nitrogen and oxygen atoms in total. The molecule has 1 aromatic rings. The topological polar surface area (TPSA) is 55.4 Å². The molecule has 2 aliphatic rings. The van der Waals surface area contributed by atoms with Crippen LogP contribution in [0.1, 0.15) is 30.1 Å². The van der Waals surface area contributed by atoms with Gasteiger partial charge < -0.3 is 10.1 Å². The molecule has 0 bridgehead atoms. The van der Waals surface area contributed by atoms with Crippen molar-refractivity contribution < 1.29 is 13.2 Å². The summed E-state index contributed by atoms with van der Waals surface area (Å²) in [5, 5.41) is 3.38. The Labute approximate surface area is 120 Å². The second-order valence-electron chi connectivity index (χ2n) is 5.67. The lowest BCUT2D eigenvalue weighted by molar-refractivity contribution is 0.0408. The van der Waals surface area contributed by atoms with E-state index in [2.05, 4.69) is 23.5 Å². The van der Waals surface area contributed by atoms with Gasteiger partial charge in [-0.2, -0.15) is 0 Å². The highest BCUT2D eigenvalue weighted by Gasteiger charge is 2.26. The van der Waals surface area contributed by atoms with Gasteiger partial charge in [0.1, 0.15) is 0 Å². The summed E-state index contributed by atoms with van der Waals surface area (Å²) in [5.74, 6) is 0.606. The largest absolute Gasteiger partial charge is 0.372 e. The van der Waals surface area contributed by atoms with Gasteiger partial charge in [-0.1, -0.05) is 24.3 Å². The molecule has 2 atom stereocenters. The van der Waals surface area contributed by atoms with E-state index in [-0.39, 0.29) is 17.9 Å². The number of fused-ring (bicyclic) bond motifs is 1. The highest BCUT2D eigenvalue weighted by molar-refractivity contribution is 7.91. The first-order valence-corrected chi connectivity index (χ1v) is 9.09. The van der Waals surface area contributed by atoms with Crippen molar-refractivity contribution in [3.8, 4) is 0 Å². The zero-order valence-corrected chi connectivity index (χ0v) is 12.4. The molecule has 5 heteroatoms. The van der Waals surface area contributed by atoms with Gasteiger partial charge in [0.2, 0.25) is 0 Å². The normalized spacial score (nSPS) is 28.8. The summed E-state index contributed by atoms with van der Waals surface area (Å²) >= 11 is 0. The van der Waals surface area contributed by atoms with Gasteiger partial charge in [-0.3, -0.25) is 0 Å². The van der Waals surface area contributed by atoms with Crippen LogP contribution in [0.25, 0.3) is 0 Å². The van der Waals surface area contributed by atoms with Crippen LogP contribution in [-0.4, -0.2) is 39.1 Å². The SMILES string of the molecule is O=S1(=O)CCCC(NCC2OCCc3ccccc32)C1. The summed E-state index contributed by atoms with van der Waals surface area (Å²) in [5.41, 5.74) is 2.59. The quantitative estimate of drug-likeness (QED) is 0.917. The van der Waals surface area contributed by atoms with Crippen molar-refractivity contribution in [2.45, 2.75) is 31.4 Å². The molecule has 0 amide bonds. The van der Waals surface area contributed by atoms with Gasteiger partial charge >= 0.3 is 0 Å². The third-order valence-electron chi connectivity index (χ3n) is 4.15. The minimum Gasteiger partial charge on any atom is -0.372 e. The van der Waals surface area contributed by atoms with Gasteiger partial charge in [0, 0.05) is 12.6 Å². The molecule has 1 fully saturated rings. The van der Waals surface area contributed by atoms with Crippen molar-refractivity contribution in [3.05, 3.63) is 35.4 Å². The van der Waals surface area contributed by atoms with Crippen molar-refractivity contribution in [2.75, 3.05) is 24.7 Å². The molecule has 2 heterocycles. The predicted octanol–water partition coefficient (Wildman–Crippen LogP) is 1.47. The third-order valence-corrected chi connectivity index (χ3v) is 5.97. The maximum atomic E-state index is 11.6. The Morgan fingerprint density at radius 3 is 3.00 bits per heavy atom. The van der Waals surface area contributed by atoms with Gasteiger partial charge in [-0.15, -0.1) is 0 Å². The van der Waals surface area contributed by atoms with E-state index in [0.29, 0.717) is 12.3 Å². The van der Waals surface area contributed by atoms with E-state index in [1.165, 1.54) is 11.1 Å². The van der Waals surface area contributed by atoms with Crippen molar-refractivity contribution in [1.29, 1.82) is 0 Å². The van der Waals surface area contributed by atoms with Gasteiger partial charge in [-0.25, -0.2) is 8.42 Å². The summed E-state index contributed by atoms with van der Waals surface area (Å²) in [6.07, 6.45) is 2.71. The molecule has 0 spiro atoms. The van der Waals surface area contributed by atoms with Gasteiger partial charge in [-0.05, 0) is 30.4 Å². The highest BCUT2D eigenvalue weighted by atomic mass is 32.2. The Balaban J connectivity index is 1.62. The minimum atomic E-state index is -2.85. The molecular formula is C15H21NO3S. The lowest BCUT2D eigenvalue weighted by Crippen LogP contribution is -2.42. The van der Waals surface area contributed by atoms with E-state index in [1.54, 1.807) is 0 Å². The van der Waals surface area contributed by atoms with Crippen LogP contribution in [0.2, 0.25) is 0 Å². The number of benzene rings is 1. The molecule has 1 N–H and O–H groups in total. The Morgan fingerprint density at radius 1 is 1.30 bits per heavy atom. The molecule has 0 aliphatic carbocycles. The van der Waals surface area contributed by atoms with Crippen LogP contribution in [0.5, 0.6) is 0 Å². The summed E-state index contributed by atoms with van der Waals surface area (Å²) in [4.78, 5) is 0. The minimum absolute atomic E-state index is 0.0459. The first-order chi connectivity index (χ1) is 9.64. The van der Waals surface area contributed by atoms with Gasteiger partial charge in [0.15, 0.2) is 9.84 Å². The molecule has 0 aromatic heterocycles. The fourth-order valence-corrected chi connectivity index (χ4v) is 4.77. The highest BCUT2D eigenvalue weighted by Crippen LogP contribution is 2.26. The lowest BCUT2D eigenvalue weighted by atomic mass is 9.97. The van der Waals surface area contributed by atoms with E-state index in [0.717, 1.165) is 25.9 Å². The van der Waals surface area contributed by atoms with Crippen LogP contribution in [0.15, 0.2) is 24.3 Å². The average molecular weight is 295 g/mol. The molecule has 0 saturated carbocycles. The fourth-order valence-electron chi connectivity index (χ4n) is 3.10. The van der Waals surface area contributed by atoms with E-state index >= 15 is 0 Å². The number of hydrogen-bond acceptors (Lipinski definition) is 4. The zero-order valence-electron chi connectivity index (χ0n) is 11.5. The fraction of sp³-hybridized carbons (Fsp3) is 0.600.